The Bertz CT molecular complexity index is 487. The Morgan fingerprint density at radius 2 is 1.80 bits per heavy atom. The second-order valence-electron chi connectivity index (χ2n) is 4.81. The van der Waals surface area contributed by atoms with Crippen LogP contribution in [0.4, 0.5) is 11.4 Å². The molecular weight excluding hydrogens is 258 g/mol. The van der Waals surface area contributed by atoms with Crippen LogP contribution >= 0.6 is 0 Å². The van der Waals surface area contributed by atoms with Crippen LogP contribution in [-0.2, 0) is 14.3 Å². The molecule has 6 heteroatoms. The maximum Gasteiger partial charge on any atom is 0.253 e. The van der Waals surface area contributed by atoms with Gasteiger partial charge in [-0.05, 0) is 37.1 Å². The first-order valence-electron chi connectivity index (χ1n) is 6.62. The summed E-state index contributed by atoms with van der Waals surface area (Å²) in [6.07, 6.45) is 1.06. The molecule has 0 aliphatic carbocycles. The molecule has 0 radical (unpaired) electrons. The molecule has 1 saturated heterocycles. The highest BCUT2D eigenvalue weighted by Gasteiger charge is 2.29. The van der Waals surface area contributed by atoms with Crippen molar-refractivity contribution in [2.45, 2.75) is 32.0 Å². The van der Waals surface area contributed by atoms with Crippen molar-refractivity contribution in [2.24, 2.45) is 5.73 Å². The second-order valence-corrected chi connectivity index (χ2v) is 4.81. The van der Waals surface area contributed by atoms with Crippen molar-refractivity contribution < 1.29 is 14.3 Å². The van der Waals surface area contributed by atoms with Crippen LogP contribution in [0.15, 0.2) is 24.3 Å². The van der Waals surface area contributed by atoms with E-state index in [1.165, 1.54) is 6.92 Å². The number of benzene rings is 1. The van der Waals surface area contributed by atoms with E-state index in [0.29, 0.717) is 24.3 Å². The highest BCUT2D eigenvalue weighted by atomic mass is 16.5. The number of rotatable bonds is 4. The number of nitrogens with two attached hydrogens (primary N) is 1. The van der Waals surface area contributed by atoms with Gasteiger partial charge >= 0.3 is 0 Å². The zero-order chi connectivity index (χ0) is 14.5. The molecule has 0 aromatic heterocycles. The molecule has 20 heavy (non-hydrogen) atoms. The lowest BCUT2D eigenvalue weighted by Gasteiger charge is -2.13. The van der Waals surface area contributed by atoms with Crippen molar-refractivity contribution in [3.63, 3.8) is 0 Å². The molecule has 2 rings (SSSR count). The molecular formula is C14H19N3O3. The zero-order valence-corrected chi connectivity index (χ0v) is 11.4. The van der Waals surface area contributed by atoms with Gasteiger partial charge in [-0.2, -0.15) is 0 Å². The highest BCUT2D eigenvalue weighted by Crippen LogP contribution is 2.21. The lowest BCUT2D eigenvalue weighted by molar-refractivity contribution is -0.126. The van der Waals surface area contributed by atoms with Crippen LogP contribution in [0, 0.1) is 0 Å². The van der Waals surface area contributed by atoms with Crippen molar-refractivity contribution in [3.05, 3.63) is 24.3 Å². The van der Waals surface area contributed by atoms with E-state index in [-0.39, 0.29) is 17.9 Å². The summed E-state index contributed by atoms with van der Waals surface area (Å²) in [5, 5.41) is 5.46. The predicted molar refractivity (Wildman–Crippen MR) is 76.3 cm³/mol. The first-order chi connectivity index (χ1) is 9.58. The number of hydrogen-bond acceptors (Lipinski definition) is 4. The van der Waals surface area contributed by atoms with Crippen LogP contribution in [0.25, 0.3) is 0 Å². The first kappa shape index (κ1) is 14.5. The van der Waals surface area contributed by atoms with Gasteiger partial charge in [-0.15, -0.1) is 0 Å². The Kier molecular flexibility index (Phi) is 4.70. The second kappa shape index (κ2) is 6.49. The third-order valence-corrected chi connectivity index (χ3v) is 3.14. The number of ether oxygens (including phenoxy) is 1. The van der Waals surface area contributed by atoms with Gasteiger partial charge in [0.25, 0.3) is 5.91 Å². The zero-order valence-electron chi connectivity index (χ0n) is 11.4. The fourth-order valence-corrected chi connectivity index (χ4v) is 2.13. The number of anilines is 2. The van der Waals surface area contributed by atoms with Gasteiger partial charge in [0.15, 0.2) is 0 Å². The molecule has 1 aliphatic heterocycles. The molecule has 1 aromatic rings. The van der Waals surface area contributed by atoms with Gasteiger partial charge < -0.3 is 21.1 Å². The molecule has 1 aliphatic rings. The number of amides is 2. The van der Waals surface area contributed by atoms with E-state index >= 15 is 0 Å². The summed E-state index contributed by atoms with van der Waals surface area (Å²) >= 11 is 0. The molecule has 2 amide bonds. The average Bonchev–Trinajstić information content (AvgIpc) is 2.89. The van der Waals surface area contributed by atoms with Gasteiger partial charge in [0, 0.05) is 24.8 Å². The quantitative estimate of drug-likeness (QED) is 0.768. The third kappa shape index (κ3) is 3.79. The standard InChI is InChI=1S/C14H19N3O3/c1-9(18)16-10-2-4-11(5-3-10)17-14(19)13-7-6-12(8-15)20-13/h2-5,12-13H,6-8,15H2,1H3,(H,16,18)(H,17,19)/t12-,13+/m1/s1. The van der Waals surface area contributed by atoms with E-state index in [0.717, 1.165) is 6.42 Å². The number of nitrogens with one attached hydrogen (secondary N) is 2. The van der Waals surface area contributed by atoms with Crippen molar-refractivity contribution in [1.82, 2.24) is 0 Å². The van der Waals surface area contributed by atoms with Gasteiger partial charge in [-0.25, -0.2) is 0 Å². The van der Waals surface area contributed by atoms with E-state index in [1.54, 1.807) is 24.3 Å². The Balaban J connectivity index is 1.90. The van der Waals surface area contributed by atoms with Crippen LogP contribution in [-0.4, -0.2) is 30.6 Å². The van der Waals surface area contributed by atoms with Gasteiger partial charge in [0.2, 0.25) is 5.91 Å². The minimum absolute atomic E-state index is 0.0205. The van der Waals surface area contributed by atoms with Gasteiger partial charge in [-0.3, -0.25) is 9.59 Å². The van der Waals surface area contributed by atoms with Crippen molar-refractivity contribution >= 4 is 23.2 Å². The number of carbonyl (C=O) groups is 2. The molecule has 1 aromatic carbocycles. The fraction of sp³-hybridized carbons (Fsp3) is 0.429. The molecule has 1 fully saturated rings. The molecule has 6 nitrogen and oxygen atoms in total. The summed E-state index contributed by atoms with van der Waals surface area (Å²) < 4.78 is 5.53. The highest BCUT2D eigenvalue weighted by molar-refractivity contribution is 5.95. The first-order valence-corrected chi connectivity index (χ1v) is 6.62. The van der Waals surface area contributed by atoms with Crippen LogP contribution in [0.5, 0.6) is 0 Å². The SMILES string of the molecule is CC(=O)Nc1ccc(NC(=O)[C@@H]2CC[C@H](CN)O2)cc1. The van der Waals surface area contributed by atoms with Gasteiger partial charge in [0.1, 0.15) is 6.10 Å². The monoisotopic (exact) mass is 277 g/mol. The minimum atomic E-state index is -0.432. The van der Waals surface area contributed by atoms with E-state index < -0.39 is 6.10 Å². The summed E-state index contributed by atoms with van der Waals surface area (Å²) in [5.74, 6) is -0.290. The summed E-state index contributed by atoms with van der Waals surface area (Å²) in [6.45, 7) is 1.89. The summed E-state index contributed by atoms with van der Waals surface area (Å²) in [4.78, 5) is 22.9. The number of hydrogen-bond donors (Lipinski definition) is 3. The third-order valence-electron chi connectivity index (χ3n) is 3.14. The van der Waals surface area contributed by atoms with Gasteiger partial charge in [-0.1, -0.05) is 0 Å². The van der Waals surface area contributed by atoms with Crippen LogP contribution in [0.2, 0.25) is 0 Å². The largest absolute Gasteiger partial charge is 0.364 e. The normalized spacial score (nSPS) is 21.5. The molecule has 108 valence electrons. The average molecular weight is 277 g/mol. The Hall–Kier alpha value is -1.92. The van der Waals surface area contributed by atoms with Crippen molar-refractivity contribution in [3.8, 4) is 0 Å². The molecule has 4 N–H and O–H groups in total. The Morgan fingerprint density at radius 3 is 2.30 bits per heavy atom. The van der Waals surface area contributed by atoms with E-state index in [4.69, 9.17) is 10.5 Å². The van der Waals surface area contributed by atoms with Crippen LogP contribution < -0.4 is 16.4 Å². The summed E-state index contributed by atoms with van der Waals surface area (Å²) in [6, 6.07) is 6.93. The molecule has 0 saturated carbocycles. The molecule has 2 atom stereocenters. The lowest BCUT2D eigenvalue weighted by atomic mass is 10.2. The summed E-state index contributed by atoms with van der Waals surface area (Å²) in [5.41, 5.74) is 6.87. The van der Waals surface area contributed by atoms with Crippen LogP contribution in [0.3, 0.4) is 0 Å². The van der Waals surface area contributed by atoms with Crippen LogP contribution in [0.1, 0.15) is 19.8 Å². The molecule has 0 bridgehead atoms. The molecule has 0 spiro atoms. The number of carbonyl (C=O) groups excluding carboxylic acids is 2. The predicted octanol–water partition coefficient (Wildman–Crippen LogP) is 1.09. The minimum Gasteiger partial charge on any atom is -0.364 e. The Labute approximate surface area is 117 Å². The van der Waals surface area contributed by atoms with E-state index in [9.17, 15) is 9.59 Å². The molecule has 0 unspecified atom stereocenters. The van der Waals surface area contributed by atoms with Crippen molar-refractivity contribution in [2.75, 3.05) is 17.2 Å². The van der Waals surface area contributed by atoms with E-state index in [1.807, 2.05) is 0 Å². The van der Waals surface area contributed by atoms with Gasteiger partial charge in [0.05, 0.1) is 6.10 Å². The Morgan fingerprint density at radius 1 is 1.20 bits per heavy atom. The maximum atomic E-state index is 12.0. The fourth-order valence-electron chi connectivity index (χ4n) is 2.13. The van der Waals surface area contributed by atoms with Crippen molar-refractivity contribution in [1.29, 1.82) is 0 Å². The lowest BCUT2D eigenvalue weighted by Crippen LogP contribution is -2.29. The molecule has 1 heterocycles. The summed E-state index contributed by atoms with van der Waals surface area (Å²) in [7, 11) is 0. The topological polar surface area (TPSA) is 93.5 Å². The smallest absolute Gasteiger partial charge is 0.253 e. The van der Waals surface area contributed by atoms with E-state index in [2.05, 4.69) is 10.6 Å². The maximum absolute atomic E-state index is 12.0.